The minimum Gasteiger partial charge on any atom is -0.310 e. The number of carbonyl (C=O) groups excluding carboxylic acids is 2. The number of hydrogen-bond donors (Lipinski definition) is 2. The summed E-state index contributed by atoms with van der Waals surface area (Å²) in [6.07, 6.45) is 0.122. The molecule has 2 aromatic rings. The third-order valence-electron chi connectivity index (χ3n) is 4.02. The third kappa shape index (κ3) is 3.76. The number of amides is 1. The number of benzene rings is 1. The van der Waals surface area contributed by atoms with Crippen LogP contribution in [0.1, 0.15) is 37.2 Å². The van der Waals surface area contributed by atoms with Gasteiger partial charge in [-0.2, -0.15) is 9.78 Å². The molecule has 144 valence electrons. The molecular weight excluding hydrogens is 392 g/mol. The molecular formula is C17H19ClN4O4S. The number of anilines is 1. The van der Waals surface area contributed by atoms with Crippen LogP contribution in [-0.2, 0) is 14.8 Å². The highest BCUT2D eigenvalue weighted by Crippen LogP contribution is 2.36. The number of fused-ring (bicyclic) bond motifs is 1. The zero-order valence-electron chi connectivity index (χ0n) is 15.0. The molecule has 1 aromatic heterocycles. The topological polar surface area (TPSA) is 110 Å². The Labute approximate surface area is 161 Å². The average Bonchev–Trinajstić information content (AvgIpc) is 2.81. The molecule has 0 fully saturated rings. The lowest BCUT2D eigenvalue weighted by Gasteiger charge is -2.13. The first-order valence-electron chi connectivity index (χ1n) is 8.35. The molecule has 27 heavy (non-hydrogen) atoms. The molecule has 0 spiro atoms. The molecule has 0 atom stereocenters. The van der Waals surface area contributed by atoms with Crippen molar-refractivity contribution in [3.63, 3.8) is 0 Å². The van der Waals surface area contributed by atoms with E-state index in [-0.39, 0.29) is 46.4 Å². The SMILES string of the molecule is Cc1nn2c(c1-c1ccc(Cl)c(S(=O)(=O)NC(C)C)c1)NC(=O)CCC2=O. The van der Waals surface area contributed by atoms with Crippen LogP contribution in [0.15, 0.2) is 23.1 Å². The Bertz CT molecular complexity index is 1040. The van der Waals surface area contributed by atoms with Crippen molar-refractivity contribution in [2.24, 2.45) is 0 Å². The highest BCUT2D eigenvalue weighted by Gasteiger charge is 2.27. The molecule has 2 N–H and O–H groups in total. The number of halogens is 1. The second-order valence-electron chi connectivity index (χ2n) is 6.58. The van der Waals surface area contributed by atoms with Crippen LogP contribution < -0.4 is 10.0 Å². The molecule has 0 aliphatic carbocycles. The molecule has 0 saturated heterocycles. The zero-order chi connectivity index (χ0) is 19.9. The van der Waals surface area contributed by atoms with Crippen LogP contribution in [0.4, 0.5) is 5.82 Å². The number of carbonyl (C=O) groups is 2. The number of aromatic nitrogens is 2. The number of nitrogens with one attached hydrogen (secondary N) is 2. The van der Waals surface area contributed by atoms with Gasteiger partial charge in [-0.3, -0.25) is 9.59 Å². The van der Waals surface area contributed by atoms with Gasteiger partial charge in [-0.1, -0.05) is 17.7 Å². The molecule has 10 heteroatoms. The Hall–Kier alpha value is -2.23. The summed E-state index contributed by atoms with van der Waals surface area (Å²) in [4.78, 5) is 24.1. The van der Waals surface area contributed by atoms with E-state index in [2.05, 4.69) is 15.1 Å². The molecule has 2 heterocycles. The standard InChI is InChI=1S/C17H19ClN4O4S/c1-9(2)21-27(25,26)13-8-11(4-5-12(13)18)16-10(3)20-22-15(24)7-6-14(23)19-17(16)22/h4-5,8-9,21H,6-7H2,1-3H3,(H,19,23). The summed E-state index contributed by atoms with van der Waals surface area (Å²) in [7, 11) is -3.83. The van der Waals surface area contributed by atoms with Gasteiger partial charge in [-0.25, -0.2) is 13.1 Å². The van der Waals surface area contributed by atoms with E-state index in [0.29, 0.717) is 16.8 Å². The van der Waals surface area contributed by atoms with Gasteiger partial charge in [0, 0.05) is 24.4 Å². The molecule has 1 aliphatic heterocycles. The minimum atomic E-state index is -3.83. The molecule has 1 aromatic carbocycles. The number of aryl methyl sites for hydroxylation is 1. The van der Waals surface area contributed by atoms with Crippen molar-refractivity contribution in [3.05, 3.63) is 28.9 Å². The molecule has 0 saturated carbocycles. The van der Waals surface area contributed by atoms with Crippen molar-refractivity contribution in [2.75, 3.05) is 5.32 Å². The molecule has 0 bridgehead atoms. The van der Waals surface area contributed by atoms with Gasteiger partial charge < -0.3 is 5.32 Å². The monoisotopic (exact) mass is 410 g/mol. The van der Waals surface area contributed by atoms with Crippen LogP contribution in [0.3, 0.4) is 0 Å². The van der Waals surface area contributed by atoms with Crippen molar-refractivity contribution in [3.8, 4) is 11.1 Å². The maximum atomic E-state index is 12.6. The third-order valence-corrected chi connectivity index (χ3v) is 6.16. The maximum absolute atomic E-state index is 12.6. The van der Waals surface area contributed by atoms with E-state index in [1.54, 1.807) is 26.8 Å². The lowest BCUT2D eigenvalue weighted by atomic mass is 10.1. The molecule has 1 aliphatic rings. The summed E-state index contributed by atoms with van der Waals surface area (Å²) in [6, 6.07) is 4.21. The second kappa shape index (κ2) is 7.06. The van der Waals surface area contributed by atoms with Crippen LogP contribution in [0.2, 0.25) is 5.02 Å². The Morgan fingerprint density at radius 2 is 1.96 bits per heavy atom. The number of sulfonamides is 1. The quantitative estimate of drug-likeness (QED) is 0.804. The fourth-order valence-corrected chi connectivity index (χ4v) is 4.71. The fraction of sp³-hybridized carbons (Fsp3) is 0.353. The Morgan fingerprint density at radius 1 is 1.26 bits per heavy atom. The predicted molar refractivity (Wildman–Crippen MR) is 101 cm³/mol. The van der Waals surface area contributed by atoms with Crippen molar-refractivity contribution in [2.45, 2.75) is 44.6 Å². The van der Waals surface area contributed by atoms with Crippen LogP contribution >= 0.6 is 11.6 Å². The van der Waals surface area contributed by atoms with Gasteiger partial charge in [0.25, 0.3) is 0 Å². The Balaban J connectivity index is 2.18. The van der Waals surface area contributed by atoms with Gasteiger partial charge in [0.1, 0.15) is 10.7 Å². The summed E-state index contributed by atoms with van der Waals surface area (Å²) >= 11 is 6.12. The first kappa shape index (κ1) is 19.5. The fourth-order valence-electron chi connectivity index (χ4n) is 2.93. The van der Waals surface area contributed by atoms with Gasteiger partial charge in [0.05, 0.1) is 10.7 Å². The number of hydrogen-bond acceptors (Lipinski definition) is 5. The normalized spacial score (nSPS) is 14.9. The largest absolute Gasteiger partial charge is 0.310 e. The van der Waals surface area contributed by atoms with Gasteiger partial charge in [-0.15, -0.1) is 0 Å². The van der Waals surface area contributed by atoms with Gasteiger partial charge >= 0.3 is 0 Å². The van der Waals surface area contributed by atoms with Gasteiger partial charge in [0.15, 0.2) is 0 Å². The minimum absolute atomic E-state index is 0.0535. The lowest BCUT2D eigenvalue weighted by Crippen LogP contribution is -2.30. The Kier molecular flexibility index (Phi) is 5.11. The van der Waals surface area contributed by atoms with E-state index in [1.807, 2.05) is 0 Å². The zero-order valence-corrected chi connectivity index (χ0v) is 16.6. The van der Waals surface area contributed by atoms with E-state index in [4.69, 9.17) is 11.6 Å². The predicted octanol–water partition coefficient (Wildman–Crippen LogP) is 2.57. The van der Waals surface area contributed by atoms with Crippen molar-refractivity contribution in [1.29, 1.82) is 0 Å². The van der Waals surface area contributed by atoms with Crippen molar-refractivity contribution < 1.29 is 18.0 Å². The van der Waals surface area contributed by atoms with E-state index >= 15 is 0 Å². The summed E-state index contributed by atoms with van der Waals surface area (Å²) < 4.78 is 28.8. The average molecular weight is 411 g/mol. The van der Waals surface area contributed by atoms with Crippen molar-refractivity contribution >= 4 is 39.3 Å². The van der Waals surface area contributed by atoms with Crippen LogP contribution in [-0.4, -0.2) is 36.1 Å². The van der Waals surface area contributed by atoms with E-state index < -0.39 is 10.0 Å². The Morgan fingerprint density at radius 3 is 2.63 bits per heavy atom. The van der Waals surface area contributed by atoms with Crippen LogP contribution in [0.25, 0.3) is 11.1 Å². The summed E-state index contributed by atoms with van der Waals surface area (Å²) in [6.45, 7) is 5.10. The maximum Gasteiger partial charge on any atom is 0.249 e. The molecule has 1 amide bonds. The second-order valence-corrected chi connectivity index (χ2v) is 8.67. The molecule has 8 nitrogen and oxygen atoms in total. The van der Waals surface area contributed by atoms with E-state index in [0.717, 1.165) is 4.68 Å². The number of nitrogens with zero attached hydrogens (tertiary/aromatic N) is 2. The van der Waals surface area contributed by atoms with Crippen LogP contribution in [0, 0.1) is 6.92 Å². The molecule has 3 rings (SSSR count). The van der Waals surface area contributed by atoms with E-state index in [9.17, 15) is 18.0 Å². The summed E-state index contributed by atoms with van der Waals surface area (Å²) in [5.41, 5.74) is 1.46. The van der Waals surface area contributed by atoms with Crippen molar-refractivity contribution in [1.82, 2.24) is 14.5 Å². The highest BCUT2D eigenvalue weighted by atomic mass is 35.5. The first-order valence-corrected chi connectivity index (χ1v) is 10.2. The summed E-state index contributed by atoms with van der Waals surface area (Å²) in [5, 5.41) is 6.98. The smallest absolute Gasteiger partial charge is 0.249 e. The molecule has 0 radical (unpaired) electrons. The van der Waals surface area contributed by atoms with Gasteiger partial charge in [-0.05, 0) is 38.5 Å². The highest BCUT2D eigenvalue weighted by molar-refractivity contribution is 7.89. The number of rotatable bonds is 4. The lowest BCUT2D eigenvalue weighted by molar-refractivity contribution is -0.116. The molecule has 0 unspecified atom stereocenters. The van der Waals surface area contributed by atoms with Crippen LogP contribution in [0.5, 0.6) is 0 Å². The van der Waals surface area contributed by atoms with E-state index in [1.165, 1.54) is 12.1 Å². The summed E-state index contributed by atoms with van der Waals surface area (Å²) in [5.74, 6) is -0.366. The first-order chi connectivity index (χ1) is 12.6. The van der Waals surface area contributed by atoms with Gasteiger partial charge in [0.2, 0.25) is 21.8 Å².